The summed E-state index contributed by atoms with van der Waals surface area (Å²) >= 11 is 7.96. The summed E-state index contributed by atoms with van der Waals surface area (Å²) in [6.07, 6.45) is -0.808. The Morgan fingerprint density at radius 1 is 1.06 bits per heavy atom. The molecule has 0 aliphatic rings. The molecule has 3 rings (SSSR count). The molecule has 9 nitrogen and oxygen atoms in total. The van der Waals surface area contributed by atoms with Crippen LogP contribution < -0.4 is 15.2 Å². The summed E-state index contributed by atoms with van der Waals surface area (Å²) in [6.45, 7) is 9.28. The van der Waals surface area contributed by atoms with Crippen LogP contribution in [0.1, 0.15) is 31.9 Å². The van der Waals surface area contributed by atoms with Crippen molar-refractivity contribution in [3.8, 4) is 32.6 Å². The lowest BCUT2D eigenvalue weighted by Gasteiger charge is -2.21. The molecular formula is C23H29ClN3O6PS. The molecule has 0 saturated carbocycles. The van der Waals surface area contributed by atoms with E-state index in [1.807, 2.05) is 52.0 Å². The molecule has 0 spiro atoms. The van der Waals surface area contributed by atoms with Gasteiger partial charge in [-0.1, -0.05) is 22.9 Å². The highest BCUT2D eigenvalue weighted by Gasteiger charge is 2.24. The summed E-state index contributed by atoms with van der Waals surface area (Å²) in [5.41, 5.74) is 9.40. The summed E-state index contributed by atoms with van der Waals surface area (Å²) in [5.74, 6) is 1.34. The Kier molecular flexibility index (Phi) is 8.93. The van der Waals surface area contributed by atoms with E-state index in [-0.39, 0.29) is 12.7 Å². The van der Waals surface area contributed by atoms with Gasteiger partial charge < -0.3 is 25.0 Å². The van der Waals surface area contributed by atoms with Gasteiger partial charge in [-0.2, -0.15) is 0 Å². The molecule has 0 aliphatic carbocycles. The number of aryl methyl sites for hydroxylation is 2. The summed E-state index contributed by atoms with van der Waals surface area (Å²) < 4.78 is 27.2. The highest BCUT2D eigenvalue weighted by atomic mass is 35.5. The zero-order chi connectivity index (χ0) is 25.9. The molecule has 0 bridgehead atoms. The number of hydrogen-bond acceptors (Lipinski definition) is 8. The highest BCUT2D eigenvalue weighted by Crippen LogP contribution is 2.39. The van der Waals surface area contributed by atoms with E-state index in [4.69, 9.17) is 36.6 Å². The minimum atomic E-state index is -4.64. The van der Waals surface area contributed by atoms with Gasteiger partial charge in [-0.05, 0) is 76.1 Å². The first-order valence-electron chi connectivity index (χ1n) is 10.9. The predicted octanol–water partition coefficient (Wildman–Crippen LogP) is 5.13. The van der Waals surface area contributed by atoms with Crippen LogP contribution in [-0.2, 0) is 9.09 Å². The van der Waals surface area contributed by atoms with Crippen LogP contribution in [0.15, 0.2) is 30.3 Å². The SMILES string of the molecule is Cc1cc(-c2nnc(-c3ccc(OC(C)C)c(C)c3)s2)c(Cl)cc1OCC(N)C(C)OP(=O)(O)O. The molecule has 0 fully saturated rings. The van der Waals surface area contributed by atoms with Crippen LogP contribution >= 0.6 is 30.8 Å². The van der Waals surface area contributed by atoms with E-state index in [1.54, 1.807) is 6.07 Å². The number of nitrogens with zero attached hydrogens (tertiary/aromatic N) is 2. The maximum atomic E-state index is 11.0. The number of benzene rings is 2. The van der Waals surface area contributed by atoms with Crippen molar-refractivity contribution in [2.75, 3.05) is 6.61 Å². The molecule has 1 heterocycles. The average Bonchev–Trinajstić information content (AvgIpc) is 3.23. The molecule has 4 N–H and O–H groups in total. The standard InChI is InChI=1S/C23H29ClN3O6PS/c1-12(2)32-20-7-6-16(8-13(20)3)22-26-27-23(35-22)17-9-14(4)21(10-18(17)24)31-11-19(25)15(5)33-34(28,29)30/h6-10,12,15,19H,11,25H2,1-5H3,(H2,28,29,30). The molecule has 35 heavy (non-hydrogen) atoms. The first-order chi connectivity index (χ1) is 16.3. The fourth-order valence-electron chi connectivity index (χ4n) is 3.22. The summed E-state index contributed by atoms with van der Waals surface area (Å²) in [5, 5.41) is 10.5. The number of rotatable bonds is 10. The van der Waals surface area contributed by atoms with Crippen molar-refractivity contribution in [1.29, 1.82) is 0 Å². The summed E-state index contributed by atoms with van der Waals surface area (Å²) in [7, 11) is -4.64. The maximum Gasteiger partial charge on any atom is 0.469 e. The van der Waals surface area contributed by atoms with E-state index in [0.717, 1.165) is 33.0 Å². The molecule has 2 atom stereocenters. The minimum absolute atomic E-state index is 0.0174. The average molecular weight is 542 g/mol. The van der Waals surface area contributed by atoms with Gasteiger partial charge in [0.15, 0.2) is 0 Å². The van der Waals surface area contributed by atoms with Crippen LogP contribution in [0.4, 0.5) is 0 Å². The van der Waals surface area contributed by atoms with E-state index >= 15 is 0 Å². The lowest BCUT2D eigenvalue weighted by atomic mass is 10.1. The Hall–Kier alpha value is -2.04. The quantitative estimate of drug-likeness (QED) is 0.298. The summed E-state index contributed by atoms with van der Waals surface area (Å²) in [6, 6.07) is 8.67. The van der Waals surface area contributed by atoms with Gasteiger partial charge in [-0.15, -0.1) is 10.2 Å². The van der Waals surface area contributed by atoms with Gasteiger partial charge in [-0.3, -0.25) is 4.52 Å². The van der Waals surface area contributed by atoms with E-state index < -0.39 is 20.0 Å². The Bertz CT molecular complexity index is 1230. The number of nitrogens with two attached hydrogens (primary N) is 1. The molecule has 12 heteroatoms. The predicted molar refractivity (Wildman–Crippen MR) is 137 cm³/mol. The molecule has 1 aromatic heterocycles. The van der Waals surface area contributed by atoms with Gasteiger partial charge in [0, 0.05) is 11.1 Å². The third-order valence-electron chi connectivity index (χ3n) is 5.04. The molecule has 3 aromatic rings. The van der Waals surface area contributed by atoms with E-state index in [1.165, 1.54) is 18.3 Å². The van der Waals surface area contributed by atoms with Crippen LogP contribution in [0.25, 0.3) is 21.1 Å². The topological polar surface area (TPSA) is 137 Å². The van der Waals surface area contributed by atoms with E-state index in [2.05, 4.69) is 14.7 Å². The van der Waals surface area contributed by atoms with Crippen LogP contribution in [-0.4, -0.2) is 44.8 Å². The van der Waals surface area contributed by atoms with Crippen molar-refractivity contribution in [3.63, 3.8) is 0 Å². The molecule has 2 aromatic carbocycles. The smallest absolute Gasteiger partial charge is 0.469 e. The highest BCUT2D eigenvalue weighted by molar-refractivity contribution is 7.46. The zero-order valence-electron chi connectivity index (χ0n) is 20.1. The third kappa shape index (κ3) is 7.47. The minimum Gasteiger partial charge on any atom is -0.492 e. The first-order valence-corrected chi connectivity index (χ1v) is 13.6. The van der Waals surface area contributed by atoms with Crippen LogP contribution in [0.2, 0.25) is 5.02 Å². The Morgan fingerprint density at radius 3 is 2.34 bits per heavy atom. The maximum absolute atomic E-state index is 11.0. The number of phosphoric ester groups is 1. The van der Waals surface area contributed by atoms with Gasteiger partial charge in [0.1, 0.15) is 28.1 Å². The second kappa shape index (κ2) is 11.3. The lowest BCUT2D eigenvalue weighted by Crippen LogP contribution is -2.39. The Morgan fingerprint density at radius 2 is 1.71 bits per heavy atom. The number of phosphoric acid groups is 1. The Labute approximate surface area is 213 Å². The normalized spacial score (nSPS) is 13.7. The molecule has 0 saturated heterocycles. The number of halogens is 1. The van der Waals surface area contributed by atoms with Crippen LogP contribution in [0.3, 0.4) is 0 Å². The number of ether oxygens (including phenoxy) is 2. The van der Waals surface area contributed by atoms with Crippen LogP contribution in [0, 0.1) is 13.8 Å². The zero-order valence-corrected chi connectivity index (χ0v) is 22.5. The molecule has 190 valence electrons. The third-order valence-corrected chi connectivity index (χ3v) is 6.97. The van der Waals surface area contributed by atoms with Crippen molar-refractivity contribution in [2.24, 2.45) is 5.73 Å². The van der Waals surface area contributed by atoms with Crippen molar-refractivity contribution >= 4 is 30.8 Å². The molecule has 0 radical (unpaired) electrons. The van der Waals surface area contributed by atoms with Crippen molar-refractivity contribution in [2.45, 2.75) is 52.9 Å². The van der Waals surface area contributed by atoms with Gasteiger partial charge in [0.2, 0.25) is 0 Å². The molecule has 0 aliphatic heterocycles. The van der Waals surface area contributed by atoms with Gasteiger partial charge in [0.05, 0.1) is 23.3 Å². The van der Waals surface area contributed by atoms with Gasteiger partial charge in [-0.25, -0.2) is 4.57 Å². The Balaban J connectivity index is 1.75. The molecular weight excluding hydrogens is 513 g/mol. The van der Waals surface area contributed by atoms with Crippen molar-refractivity contribution in [1.82, 2.24) is 10.2 Å². The second-order valence-corrected chi connectivity index (χ2v) is 11.0. The molecule has 0 amide bonds. The first kappa shape index (κ1) is 27.5. The number of aromatic nitrogens is 2. The van der Waals surface area contributed by atoms with Gasteiger partial charge >= 0.3 is 7.82 Å². The van der Waals surface area contributed by atoms with Crippen molar-refractivity contribution in [3.05, 3.63) is 46.5 Å². The largest absolute Gasteiger partial charge is 0.492 e. The van der Waals surface area contributed by atoms with Crippen molar-refractivity contribution < 1.29 is 28.3 Å². The second-order valence-electron chi connectivity index (χ2n) is 8.43. The van der Waals surface area contributed by atoms with E-state index in [0.29, 0.717) is 15.8 Å². The molecule has 2 unspecified atom stereocenters. The summed E-state index contributed by atoms with van der Waals surface area (Å²) in [4.78, 5) is 17.9. The fourth-order valence-corrected chi connectivity index (χ4v) is 4.98. The van der Waals surface area contributed by atoms with Gasteiger partial charge in [0.25, 0.3) is 0 Å². The fraction of sp³-hybridized carbons (Fsp3) is 0.391. The van der Waals surface area contributed by atoms with Crippen LogP contribution in [0.5, 0.6) is 11.5 Å². The van der Waals surface area contributed by atoms with E-state index in [9.17, 15) is 4.57 Å². The number of hydrogen-bond donors (Lipinski definition) is 3. The lowest BCUT2D eigenvalue weighted by molar-refractivity contribution is 0.107. The monoisotopic (exact) mass is 541 g/mol.